The topological polar surface area (TPSA) is 97.2 Å². The average molecular weight is 306 g/mol. The lowest BCUT2D eigenvalue weighted by molar-refractivity contribution is -0.384. The highest BCUT2D eigenvalue weighted by molar-refractivity contribution is 7.09. The van der Waals surface area contributed by atoms with E-state index in [0.29, 0.717) is 18.7 Å². The van der Waals surface area contributed by atoms with Gasteiger partial charge in [0.2, 0.25) is 0 Å². The second-order valence-electron chi connectivity index (χ2n) is 4.17. The summed E-state index contributed by atoms with van der Waals surface area (Å²) in [5.41, 5.74) is 0.692. The smallest absolute Gasteiger partial charge is 0.270 e. The molecule has 0 saturated heterocycles. The molecule has 1 heterocycles. The van der Waals surface area contributed by atoms with E-state index in [2.05, 4.69) is 15.6 Å². The van der Waals surface area contributed by atoms with E-state index in [-0.39, 0.29) is 17.2 Å². The van der Waals surface area contributed by atoms with Crippen LogP contribution in [0.25, 0.3) is 0 Å². The number of non-ortho nitro benzene ring substituents is 1. The normalized spacial score (nSPS) is 10.1. The summed E-state index contributed by atoms with van der Waals surface area (Å²) in [6.45, 7) is 0.429. The van der Waals surface area contributed by atoms with Crippen LogP contribution < -0.4 is 10.6 Å². The number of carbonyl (C=O) groups excluding carboxylic acids is 1. The van der Waals surface area contributed by atoms with Gasteiger partial charge >= 0.3 is 0 Å². The number of hydrogen-bond acceptors (Lipinski definition) is 6. The van der Waals surface area contributed by atoms with Crippen LogP contribution in [0.5, 0.6) is 0 Å². The van der Waals surface area contributed by atoms with Crippen molar-refractivity contribution in [2.24, 2.45) is 0 Å². The number of aromatic nitrogens is 1. The molecule has 0 radical (unpaired) electrons. The van der Waals surface area contributed by atoms with E-state index in [1.54, 1.807) is 13.2 Å². The summed E-state index contributed by atoms with van der Waals surface area (Å²) in [5.74, 6) is -0.348. The van der Waals surface area contributed by atoms with Crippen molar-refractivity contribution in [3.05, 3.63) is 50.5 Å². The summed E-state index contributed by atoms with van der Waals surface area (Å²) in [6.07, 6.45) is 2.34. The molecule has 0 atom stereocenters. The number of hydrogen-bond donors (Lipinski definition) is 2. The van der Waals surface area contributed by atoms with Gasteiger partial charge in [0, 0.05) is 49.4 Å². The third-order valence-electron chi connectivity index (χ3n) is 2.84. The molecule has 1 aromatic heterocycles. The number of anilines is 1. The highest BCUT2D eigenvalue weighted by atomic mass is 32.1. The van der Waals surface area contributed by atoms with Crippen LogP contribution in [0.15, 0.2) is 29.8 Å². The van der Waals surface area contributed by atoms with Crippen LogP contribution in [0.2, 0.25) is 0 Å². The van der Waals surface area contributed by atoms with Gasteiger partial charge in [0.15, 0.2) is 0 Å². The van der Waals surface area contributed by atoms with Crippen molar-refractivity contribution in [1.82, 2.24) is 10.3 Å². The minimum atomic E-state index is -0.522. The van der Waals surface area contributed by atoms with E-state index in [1.165, 1.54) is 29.5 Å². The SMILES string of the molecule is CNc1ccc([N+](=O)[O-])cc1C(=O)NCCc1nccs1. The van der Waals surface area contributed by atoms with Crippen molar-refractivity contribution in [1.29, 1.82) is 0 Å². The Morgan fingerprint density at radius 1 is 1.48 bits per heavy atom. The van der Waals surface area contributed by atoms with Crippen LogP contribution in [-0.4, -0.2) is 29.4 Å². The predicted octanol–water partition coefficient (Wildman–Crippen LogP) is 2.07. The molecular weight excluding hydrogens is 292 g/mol. The highest BCUT2D eigenvalue weighted by Gasteiger charge is 2.15. The zero-order valence-corrected chi connectivity index (χ0v) is 12.1. The molecular formula is C13H14N4O3S. The summed E-state index contributed by atoms with van der Waals surface area (Å²) < 4.78 is 0. The second-order valence-corrected chi connectivity index (χ2v) is 5.15. The lowest BCUT2D eigenvalue weighted by Crippen LogP contribution is -2.26. The molecule has 7 nitrogen and oxygen atoms in total. The van der Waals surface area contributed by atoms with Crippen LogP contribution in [-0.2, 0) is 6.42 Å². The van der Waals surface area contributed by atoms with Crippen molar-refractivity contribution in [2.75, 3.05) is 18.9 Å². The number of rotatable bonds is 6. The quantitative estimate of drug-likeness (QED) is 0.629. The van der Waals surface area contributed by atoms with Crippen LogP contribution >= 0.6 is 11.3 Å². The molecule has 2 rings (SSSR count). The molecule has 110 valence electrons. The van der Waals surface area contributed by atoms with Gasteiger partial charge < -0.3 is 10.6 Å². The molecule has 0 saturated carbocycles. The zero-order valence-electron chi connectivity index (χ0n) is 11.3. The van der Waals surface area contributed by atoms with Crippen LogP contribution in [0.4, 0.5) is 11.4 Å². The van der Waals surface area contributed by atoms with E-state index in [0.717, 1.165) is 5.01 Å². The third-order valence-corrected chi connectivity index (χ3v) is 3.68. The van der Waals surface area contributed by atoms with Crippen LogP contribution in [0.3, 0.4) is 0 Å². The maximum Gasteiger partial charge on any atom is 0.270 e. The number of thiazole rings is 1. The maximum atomic E-state index is 12.1. The van der Waals surface area contributed by atoms with Gasteiger partial charge in [-0.25, -0.2) is 4.98 Å². The first-order valence-corrected chi connectivity index (χ1v) is 7.12. The number of nitro groups is 1. The molecule has 0 aliphatic heterocycles. The first-order valence-electron chi connectivity index (χ1n) is 6.24. The first-order chi connectivity index (χ1) is 10.1. The Kier molecular flexibility index (Phi) is 4.83. The molecule has 0 unspecified atom stereocenters. The monoisotopic (exact) mass is 306 g/mol. The molecule has 2 aromatic rings. The molecule has 0 fully saturated rings. The lowest BCUT2D eigenvalue weighted by atomic mass is 10.1. The Hall–Kier alpha value is -2.48. The molecule has 0 aliphatic rings. The Bertz CT molecular complexity index is 643. The Morgan fingerprint density at radius 2 is 2.29 bits per heavy atom. The van der Waals surface area contributed by atoms with Gasteiger partial charge in [0.05, 0.1) is 15.5 Å². The Labute approximate surface area is 125 Å². The van der Waals surface area contributed by atoms with Crippen molar-refractivity contribution in [2.45, 2.75) is 6.42 Å². The van der Waals surface area contributed by atoms with Gasteiger partial charge in [0.25, 0.3) is 11.6 Å². The Balaban J connectivity index is 2.06. The van der Waals surface area contributed by atoms with E-state index >= 15 is 0 Å². The summed E-state index contributed by atoms with van der Waals surface area (Å²) in [5, 5.41) is 19.2. The van der Waals surface area contributed by atoms with E-state index in [1.807, 2.05) is 5.38 Å². The standard InChI is InChI=1S/C13H14N4O3S/c1-14-11-3-2-9(17(19)20)8-10(11)13(18)16-5-4-12-15-6-7-21-12/h2-3,6-8,14H,4-5H2,1H3,(H,16,18). The van der Waals surface area contributed by atoms with Gasteiger partial charge in [0.1, 0.15) is 0 Å². The summed E-state index contributed by atoms with van der Waals surface area (Å²) in [4.78, 5) is 26.5. The molecule has 1 amide bonds. The van der Waals surface area contributed by atoms with Crippen molar-refractivity contribution < 1.29 is 9.72 Å². The van der Waals surface area contributed by atoms with Gasteiger partial charge in [-0.05, 0) is 6.07 Å². The molecule has 0 spiro atoms. The van der Waals surface area contributed by atoms with Gasteiger partial charge in [-0.1, -0.05) is 0 Å². The van der Waals surface area contributed by atoms with Crippen LogP contribution in [0.1, 0.15) is 15.4 Å². The molecule has 8 heteroatoms. The number of benzene rings is 1. The minimum absolute atomic E-state index is 0.112. The summed E-state index contributed by atoms with van der Waals surface area (Å²) >= 11 is 1.52. The number of nitrogens with zero attached hydrogens (tertiary/aromatic N) is 2. The fourth-order valence-corrected chi connectivity index (χ4v) is 2.43. The summed E-state index contributed by atoms with van der Waals surface area (Å²) in [7, 11) is 1.66. The van der Waals surface area contributed by atoms with Gasteiger partial charge in [-0.15, -0.1) is 11.3 Å². The van der Waals surface area contributed by atoms with E-state index < -0.39 is 4.92 Å². The van der Waals surface area contributed by atoms with Crippen molar-refractivity contribution in [3.63, 3.8) is 0 Å². The minimum Gasteiger partial charge on any atom is -0.387 e. The second kappa shape index (κ2) is 6.80. The molecule has 2 N–H and O–H groups in total. The van der Waals surface area contributed by atoms with E-state index in [9.17, 15) is 14.9 Å². The van der Waals surface area contributed by atoms with Crippen LogP contribution in [0, 0.1) is 10.1 Å². The number of nitro benzene ring substituents is 1. The molecule has 1 aromatic carbocycles. The van der Waals surface area contributed by atoms with Crippen molar-refractivity contribution in [3.8, 4) is 0 Å². The molecule has 0 bridgehead atoms. The van der Waals surface area contributed by atoms with Gasteiger partial charge in [-0.3, -0.25) is 14.9 Å². The lowest BCUT2D eigenvalue weighted by Gasteiger charge is -2.09. The first kappa shape index (κ1) is 14.9. The van der Waals surface area contributed by atoms with E-state index in [4.69, 9.17) is 0 Å². The third kappa shape index (κ3) is 3.76. The number of carbonyl (C=O) groups is 1. The predicted molar refractivity (Wildman–Crippen MR) is 80.8 cm³/mol. The fraction of sp³-hybridized carbons (Fsp3) is 0.231. The average Bonchev–Trinajstić information content (AvgIpc) is 2.99. The summed E-state index contributed by atoms with van der Waals surface area (Å²) in [6, 6.07) is 4.15. The number of amides is 1. The molecule has 0 aliphatic carbocycles. The molecule has 21 heavy (non-hydrogen) atoms. The largest absolute Gasteiger partial charge is 0.387 e. The Morgan fingerprint density at radius 3 is 2.90 bits per heavy atom. The van der Waals surface area contributed by atoms with Gasteiger partial charge in [-0.2, -0.15) is 0 Å². The van der Waals surface area contributed by atoms with Crippen molar-refractivity contribution >= 4 is 28.6 Å². The zero-order chi connectivity index (χ0) is 15.2. The number of nitrogens with one attached hydrogen (secondary N) is 2. The maximum absolute atomic E-state index is 12.1. The highest BCUT2D eigenvalue weighted by Crippen LogP contribution is 2.21. The fourth-order valence-electron chi connectivity index (χ4n) is 1.81.